The van der Waals surface area contributed by atoms with Gasteiger partial charge in [-0.15, -0.1) is 10.2 Å². The van der Waals surface area contributed by atoms with Crippen molar-refractivity contribution in [2.45, 2.75) is 26.4 Å². The van der Waals surface area contributed by atoms with Crippen LogP contribution in [0.2, 0.25) is 0 Å². The molecule has 0 saturated heterocycles. The Labute approximate surface area is 167 Å². The molecule has 8 heteroatoms. The highest BCUT2D eigenvalue weighted by molar-refractivity contribution is 5.97. The number of hydrogen-bond acceptors (Lipinski definition) is 6. The number of fused-ring (bicyclic) bond motifs is 1. The lowest BCUT2D eigenvalue weighted by Gasteiger charge is -2.21. The lowest BCUT2D eigenvalue weighted by atomic mass is 10.1. The van der Waals surface area contributed by atoms with Gasteiger partial charge in [-0.1, -0.05) is 18.2 Å². The SMILES string of the molecule is COc1nnc(-c2cn[nH]c2)cc1-c1cc2ccccc2n1C(=O)OC(C)(C)C. The zero-order chi connectivity index (χ0) is 20.6. The highest BCUT2D eigenvalue weighted by atomic mass is 16.6. The summed E-state index contributed by atoms with van der Waals surface area (Å²) in [6.45, 7) is 5.51. The number of H-pyrrole nitrogens is 1. The zero-order valence-electron chi connectivity index (χ0n) is 16.6. The number of rotatable bonds is 3. The van der Waals surface area contributed by atoms with Gasteiger partial charge in [-0.25, -0.2) is 9.36 Å². The van der Waals surface area contributed by atoms with Gasteiger partial charge in [-0.05, 0) is 39.0 Å². The molecule has 29 heavy (non-hydrogen) atoms. The molecule has 0 bridgehead atoms. The number of aromatic nitrogens is 5. The Morgan fingerprint density at radius 3 is 2.62 bits per heavy atom. The average Bonchev–Trinajstić information content (AvgIpc) is 3.34. The molecule has 0 fully saturated rings. The van der Waals surface area contributed by atoms with Crippen molar-refractivity contribution in [2.75, 3.05) is 7.11 Å². The molecular weight excluding hydrogens is 370 g/mol. The number of ether oxygens (including phenoxy) is 2. The van der Waals surface area contributed by atoms with E-state index in [1.54, 1.807) is 17.0 Å². The van der Waals surface area contributed by atoms with E-state index in [0.717, 1.165) is 16.5 Å². The number of benzene rings is 1. The molecule has 0 saturated carbocycles. The Bertz CT molecular complexity index is 1170. The van der Waals surface area contributed by atoms with E-state index < -0.39 is 11.7 Å². The van der Waals surface area contributed by atoms with Crippen LogP contribution in [0.5, 0.6) is 5.88 Å². The number of methoxy groups -OCH3 is 1. The fraction of sp³-hybridized carbons (Fsp3) is 0.238. The summed E-state index contributed by atoms with van der Waals surface area (Å²) in [6, 6.07) is 11.4. The molecule has 3 heterocycles. The van der Waals surface area contributed by atoms with Crippen molar-refractivity contribution in [3.63, 3.8) is 0 Å². The lowest BCUT2D eigenvalue weighted by Crippen LogP contribution is -2.27. The zero-order valence-corrected chi connectivity index (χ0v) is 16.6. The van der Waals surface area contributed by atoms with Crippen LogP contribution < -0.4 is 4.74 Å². The quantitative estimate of drug-likeness (QED) is 0.560. The maximum atomic E-state index is 13.1. The minimum Gasteiger partial charge on any atom is -0.479 e. The molecule has 1 aromatic carbocycles. The van der Waals surface area contributed by atoms with Crippen molar-refractivity contribution in [3.05, 3.63) is 48.8 Å². The number of hydrogen-bond donors (Lipinski definition) is 1. The van der Waals surface area contributed by atoms with Crippen LogP contribution in [0.15, 0.2) is 48.8 Å². The van der Waals surface area contributed by atoms with E-state index in [2.05, 4.69) is 20.4 Å². The van der Waals surface area contributed by atoms with E-state index in [1.165, 1.54) is 7.11 Å². The average molecular weight is 391 g/mol. The van der Waals surface area contributed by atoms with Gasteiger partial charge in [0.2, 0.25) is 5.88 Å². The van der Waals surface area contributed by atoms with E-state index in [9.17, 15) is 4.79 Å². The molecule has 1 N–H and O–H groups in total. The molecule has 148 valence electrons. The van der Waals surface area contributed by atoms with Crippen LogP contribution in [-0.2, 0) is 4.74 Å². The molecular formula is C21H21N5O3. The first-order chi connectivity index (χ1) is 13.9. The predicted octanol–water partition coefficient (Wildman–Crippen LogP) is 4.28. The normalized spacial score (nSPS) is 11.6. The van der Waals surface area contributed by atoms with Gasteiger partial charge in [0.1, 0.15) is 5.60 Å². The Kier molecular flexibility index (Phi) is 4.54. The van der Waals surface area contributed by atoms with E-state index in [1.807, 2.05) is 57.2 Å². The highest BCUT2D eigenvalue weighted by Gasteiger charge is 2.25. The standard InChI is InChI=1S/C21H21N5O3/c1-21(2,3)29-20(27)26-17-8-6-5-7-13(17)9-18(26)15-10-16(14-11-22-23-12-14)24-25-19(15)28-4/h5-12H,1-4H3,(H,22,23). The molecule has 0 atom stereocenters. The number of carbonyl (C=O) groups excluding carboxylic acids is 1. The van der Waals surface area contributed by atoms with Gasteiger partial charge in [-0.2, -0.15) is 5.10 Å². The van der Waals surface area contributed by atoms with Gasteiger partial charge in [0, 0.05) is 17.1 Å². The molecule has 3 aromatic heterocycles. The largest absolute Gasteiger partial charge is 0.479 e. The van der Waals surface area contributed by atoms with Crippen molar-refractivity contribution in [1.29, 1.82) is 0 Å². The second kappa shape index (κ2) is 7.05. The van der Waals surface area contributed by atoms with Crippen LogP contribution >= 0.6 is 0 Å². The fourth-order valence-corrected chi connectivity index (χ4v) is 3.10. The van der Waals surface area contributed by atoms with Gasteiger partial charge in [0.15, 0.2) is 0 Å². The minimum absolute atomic E-state index is 0.310. The molecule has 0 aliphatic carbocycles. The third kappa shape index (κ3) is 3.56. The summed E-state index contributed by atoms with van der Waals surface area (Å²) >= 11 is 0. The van der Waals surface area contributed by atoms with Crippen molar-refractivity contribution in [2.24, 2.45) is 0 Å². The van der Waals surface area contributed by atoms with Gasteiger partial charge in [0.05, 0.1) is 35.8 Å². The Morgan fingerprint density at radius 2 is 1.93 bits per heavy atom. The van der Waals surface area contributed by atoms with E-state index in [4.69, 9.17) is 9.47 Å². The molecule has 0 aliphatic heterocycles. The van der Waals surface area contributed by atoms with E-state index >= 15 is 0 Å². The van der Waals surface area contributed by atoms with Crippen LogP contribution in [0.3, 0.4) is 0 Å². The molecule has 0 spiro atoms. The Balaban J connectivity index is 1.95. The topological polar surface area (TPSA) is 94.9 Å². The summed E-state index contributed by atoms with van der Waals surface area (Å²) in [5.74, 6) is 0.310. The summed E-state index contributed by atoms with van der Waals surface area (Å²) in [6.07, 6.45) is 2.91. The van der Waals surface area contributed by atoms with Gasteiger partial charge in [-0.3, -0.25) is 5.10 Å². The third-order valence-corrected chi connectivity index (χ3v) is 4.31. The van der Waals surface area contributed by atoms with E-state index in [0.29, 0.717) is 22.8 Å². The number of carbonyl (C=O) groups is 1. The first-order valence-electron chi connectivity index (χ1n) is 9.12. The van der Waals surface area contributed by atoms with Crippen molar-refractivity contribution in [3.8, 4) is 28.4 Å². The van der Waals surface area contributed by atoms with Crippen LogP contribution in [0, 0.1) is 0 Å². The van der Waals surface area contributed by atoms with Crippen LogP contribution in [0.4, 0.5) is 4.79 Å². The van der Waals surface area contributed by atoms with Crippen LogP contribution in [0.1, 0.15) is 20.8 Å². The van der Waals surface area contributed by atoms with Crippen molar-refractivity contribution >= 4 is 17.0 Å². The predicted molar refractivity (Wildman–Crippen MR) is 109 cm³/mol. The number of aromatic amines is 1. The first kappa shape index (κ1) is 18.7. The summed E-state index contributed by atoms with van der Waals surface area (Å²) in [5.41, 5.74) is 2.72. The maximum absolute atomic E-state index is 13.1. The Hall–Kier alpha value is -3.68. The maximum Gasteiger partial charge on any atom is 0.419 e. The summed E-state index contributed by atoms with van der Waals surface area (Å²) in [4.78, 5) is 13.1. The molecule has 4 aromatic rings. The Morgan fingerprint density at radius 1 is 1.14 bits per heavy atom. The third-order valence-electron chi connectivity index (χ3n) is 4.31. The lowest BCUT2D eigenvalue weighted by molar-refractivity contribution is 0.0547. The summed E-state index contributed by atoms with van der Waals surface area (Å²) in [5, 5.41) is 16.0. The summed E-state index contributed by atoms with van der Waals surface area (Å²) < 4.78 is 12.6. The van der Waals surface area contributed by atoms with Gasteiger partial charge < -0.3 is 9.47 Å². The van der Waals surface area contributed by atoms with Crippen molar-refractivity contribution < 1.29 is 14.3 Å². The van der Waals surface area contributed by atoms with Crippen LogP contribution in [-0.4, -0.2) is 43.8 Å². The van der Waals surface area contributed by atoms with Gasteiger partial charge in [0.25, 0.3) is 0 Å². The molecule has 4 rings (SSSR count). The fourth-order valence-electron chi connectivity index (χ4n) is 3.10. The molecule has 0 amide bonds. The summed E-state index contributed by atoms with van der Waals surface area (Å²) in [7, 11) is 1.52. The minimum atomic E-state index is -0.637. The number of nitrogens with zero attached hydrogens (tertiary/aromatic N) is 4. The molecule has 0 aliphatic rings. The molecule has 0 unspecified atom stereocenters. The van der Waals surface area contributed by atoms with Crippen LogP contribution in [0.25, 0.3) is 33.4 Å². The highest BCUT2D eigenvalue weighted by Crippen LogP contribution is 2.35. The number of nitrogens with one attached hydrogen (secondary N) is 1. The smallest absolute Gasteiger partial charge is 0.419 e. The van der Waals surface area contributed by atoms with Gasteiger partial charge >= 0.3 is 6.09 Å². The second-order valence-corrected chi connectivity index (χ2v) is 7.54. The van der Waals surface area contributed by atoms with E-state index in [-0.39, 0.29) is 0 Å². The molecule has 8 nitrogen and oxygen atoms in total. The van der Waals surface area contributed by atoms with Crippen molar-refractivity contribution in [1.82, 2.24) is 25.0 Å². The molecule has 0 radical (unpaired) electrons. The second-order valence-electron chi connectivity index (χ2n) is 7.54. The monoisotopic (exact) mass is 391 g/mol. The number of para-hydroxylation sites is 1. The first-order valence-corrected chi connectivity index (χ1v) is 9.12.